The molecule has 6 aromatic rings. The molecule has 2 aliphatic heterocycles. The van der Waals surface area contributed by atoms with E-state index in [2.05, 4.69) is 178 Å². The van der Waals surface area contributed by atoms with Gasteiger partial charge in [0.05, 0.1) is 22.7 Å². The summed E-state index contributed by atoms with van der Waals surface area (Å²) in [7, 11) is 0. The average molecular weight is 523 g/mol. The second-order valence-electron chi connectivity index (χ2n) is 10.6. The molecule has 0 bridgehead atoms. The Kier molecular flexibility index (Phi) is 5.67. The SMILES string of the molecule is c1ccc(B2c3ccccc3B3N(c4ccccc4)c4ccccc4N3c3ccccc3N2c2ccccc2)cc1. The zero-order valence-electron chi connectivity index (χ0n) is 22.6. The normalized spacial score (nSPS) is 13.6. The Morgan fingerprint density at radius 2 is 0.707 bits per heavy atom. The van der Waals surface area contributed by atoms with Crippen LogP contribution in [0.5, 0.6) is 0 Å². The first-order valence-corrected chi connectivity index (χ1v) is 14.2. The highest BCUT2D eigenvalue weighted by atomic mass is 15.3. The van der Waals surface area contributed by atoms with Gasteiger partial charge in [-0.3, -0.25) is 0 Å². The van der Waals surface area contributed by atoms with Crippen LogP contribution in [0.4, 0.5) is 34.1 Å². The third-order valence-electron chi connectivity index (χ3n) is 8.30. The lowest BCUT2D eigenvalue weighted by Crippen LogP contribution is -2.67. The average Bonchev–Trinajstić information content (AvgIpc) is 3.39. The molecule has 0 unspecified atom stereocenters. The van der Waals surface area contributed by atoms with E-state index in [1.54, 1.807) is 0 Å². The molecule has 8 rings (SSSR count). The molecule has 3 nitrogen and oxygen atoms in total. The molecule has 0 fully saturated rings. The molecule has 5 heteroatoms. The van der Waals surface area contributed by atoms with Crippen molar-refractivity contribution in [2.24, 2.45) is 0 Å². The van der Waals surface area contributed by atoms with Gasteiger partial charge in [0, 0.05) is 11.4 Å². The lowest BCUT2D eigenvalue weighted by molar-refractivity contribution is 1.32. The molecule has 0 saturated carbocycles. The zero-order chi connectivity index (χ0) is 27.2. The molecule has 192 valence electrons. The van der Waals surface area contributed by atoms with E-state index in [0.717, 1.165) is 5.69 Å². The second-order valence-corrected chi connectivity index (χ2v) is 10.6. The van der Waals surface area contributed by atoms with E-state index in [4.69, 9.17) is 0 Å². The van der Waals surface area contributed by atoms with Crippen molar-refractivity contribution >= 4 is 64.3 Å². The molecule has 0 atom stereocenters. The van der Waals surface area contributed by atoms with E-state index in [9.17, 15) is 0 Å². The fourth-order valence-electron chi connectivity index (χ4n) is 6.64. The van der Waals surface area contributed by atoms with Gasteiger partial charge in [-0.1, -0.05) is 126 Å². The molecular weight excluding hydrogens is 496 g/mol. The molecule has 6 aromatic carbocycles. The molecular formula is C36H27B2N3. The van der Waals surface area contributed by atoms with E-state index in [1.807, 2.05) is 0 Å². The number of benzene rings is 6. The molecule has 0 saturated heterocycles. The Balaban J connectivity index is 1.49. The van der Waals surface area contributed by atoms with Crippen LogP contribution in [-0.2, 0) is 0 Å². The summed E-state index contributed by atoms with van der Waals surface area (Å²) in [6.07, 6.45) is 0. The lowest BCUT2D eigenvalue weighted by atomic mass is 9.43. The minimum absolute atomic E-state index is 0.0283. The summed E-state index contributed by atoms with van der Waals surface area (Å²) in [5.41, 5.74) is 10.9. The van der Waals surface area contributed by atoms with E-state index in [0.29, 0.717) is 0 Å². The molecule has 0 N–H and O–H groups in total. The Morgan fingerprint density at radius 3 is 1.27 bits per heavy atom. The maximum absolute atomic E-state index is 2.54. The van der Waals surface area contributed by atoms with Crippen LogP contribution in [0.25, 0.3) is 0 Å². The first-order valence-electron chi connectivity index (χ1n) is 14.2. The maximum atomic E-state index is 2.54. The fourth-order valence-corrected chi connectivity index (χ4v) is 6.64. The predicted molar refractivity (Wildman–Crippen MR) is 175 cm³/mol. The van der Waals surface area contributed by atoms with Crippen molar-refractivity contribution in [1.29, 1.82) is 0 Å². The van der Waals surface area contributed by atoms with Crippen LogP contribution >= 0.6 is 0 Å². The Bertz CT molecular complexity index is 1830. The summed E-state index contributed by atoms with van der Waals surface area (Å²) in [5, 5.41) is 0. The summed E-state index contributed by atoms with van der Waals surface area (Å²) in [6, 6.07) is 59.2. The zero-order valence-corrected chi connectivity index (χ0v) is 22.6. The summed E-state index contributed by atoms with van der Waals surface area (Å²) in [6.45, 7) is -0.0873. The molecule has 41 heavy (non-hydrogen) atoms. The minimum Gasteiger partial charge on any atom is -0.375 e. The van der Waals surface area contributed by atoms with Gasteiger partial charge in [-0.25, -0.2) is 0 Å². The van der Waals surface area contributed by atoms with Crippen LogP contribution in [0.2, 0.25) is 0 Å². The van der Waals surface area contributed by atoms with Gasteiger partial charge >= 0.3 is 13.8 Å². The smallest absolute Gasteiger partial charge is 0.375 e. The number of anilines is 6. The minimum atomic E-state index is -0.0590. The van der Waals surface area contributed by atoms with Gasteiger partial charge in [0.25, 0.3) is 0 Å². The molecule has 0 aliphatic carbocycles. The molecule has 0 aromatic heterocycles. The Hall–Kier alpha value is -5.15. The van der Waals surface area contributed by atoms with Crippen LogP contribution in [-0.4, -0.2) is 13.8 Å². The van der Waals surface area contributed by atoms with Gasteiger partial charge in [0.2, 0.25) is 0 Å². The van der Waals surface area contributed by atoms with Gasteiger partial charge in [-0.15, -0.1) is 0 Å². The second kappa shape index (κ2) is 9.79. The summed E-state index contributed by atoms with van der Waals surface area (Å²) in [4.78, 5) is 7.56. The third-order valence-corrected chi connectivity index (χ3v) is 8.30. The Labute approximate surface area is 242 Å². The summed E-state index contributed by atoms with van der Waals surface area (Å²) < 4.78 is 0. The number of nitrogens with zero attached hydrogens (tertiary/aromatic N) is 3. The van der Waals surface area contributed by atoms with Crippen molar-refractivity contribution in [3.05, 3.63) is 164 Å². The number of hydrogen-bond acceptors (Lipinski definition) is 3. The first kappa shape index (κ1) is 23.7. The highest BCUT2D eigenvalue weighted by Crippen LogP contribution is 2.49. The van der Waals surface area contributed by atoms with Crippen LogP contribution in [0.1, 0.15) is 0 Å². The van der Waals surface area contributed by atoms with Gasteiger partial charge in [-0.2, -0.15) is 0 Å². The van der Waals surface area contributed by atoms with Crippen LogP contribution < -0.4 is 30.8 Å². The lowest BCUT2D eigenvalue weighted by Gasteiger charge is -2.41. The van der Waals surface area contributed by atoms with Gasteiger partial charge in [0.15, 0.2) is 0 Å². The van der Waals surface area contributed by atoms with E-state index < -0.39 is 0 Å². The van der Waals surface area contributed by atoms with E-state index >= 15 is 0 Å². The third kappa shape index (κ3) is 3.77. The first-order chi connectivity index (χ1) is 20.4. The predicted octanol–water partition coefficient (Wildman–Crippen LogP) is 6.63. The van der Waals surface area contributed by atoms with Gasteiger partial charge in [0.1, 0.15) is 0 Å². The molecule has 2 heterocycles. The van der Waals surface area contributed by atoms with Crippen LogP contribution in [0.15, 0.2) is 164 Å². The molecule has 0 radical (unpaired) electrons. The monoisotopic (exact) mass is 523 g/mol. The molecule has 2 aliphatic rings. The standard InChI is InChI=1S/C36H27B2N3/c1-4-16-28(17-5-1)37-31-22-10-11-23-32(31)38-40(30-20-8-3-9-21-30)34-25-13-15-27-36(34)41(38)35-26-14-12-24-33(35)39(37)29-18-6-2-7-19-29/h1-27H. The highest BCUT2D eigenvalue weighted by Gasteiger charge is 2.48. The highest BCUT2D eigenvalue weighted by molar-refractivity contribution is 6.97. The summed E-state index contributed by atoms with van der Waals surface area (Å²) >= 11 is 0. The van der Waals surface area contributed by atoms with Gasteiger partial charge < -0.3 is 14.4 Å². The number of rotatable bonds is 3. The van der Waals surface area contributed by atoms with Crippen molar-refractivity contribution < 1.29 is 0 Å². The van der Waals surface area contributed by atoms with Crippen molar-refractivity contribution in [2.45, 2.75) is 0 Å². The van der Waals surface area contributed by atoms with Crippen molar-refractivity contribution in [3.8, 4) is 0 Å². The number of fused-ring (bicyclic) bond motifs is 7. The number of hydrogen-bond donors (Lipinski definition) is 0. The topological polar surface area (TPSA) is 9.72 Å². The Morgan fingerprint density at radius 1 is 0.317 bits per heavy atom. The fraction of sp³-hybridized carbons (Fsp3) is 0. The van der Waals surface area contributed by atoms with Crippen LogP contribution in [0, 0.1) is 0 Å². The quantitative estimate of drug-likeness (QED) is 0.241. The van der Waals surface area contributed by atoms with E-state index in [-0.39, 0.29) is 13.8 Å². The largest absolute Gasteiger partial charge is 0.420 e. The van der Waals surface area contributed by atoms with Crippen molar-refractivity contribution in [3.63, 3.8) is 0 Å². The number of para-hydroxylation sites is 6. The van der Waals surface area contributed by atoms with Crippen molar-refractivity contribution in [1.82, 2.24) is 0 Å². The summed E-state index contributed by atoms with van der Waals surface area (Å²) in [5.74, 6) is 0. The van der Waals surface area contributed by atoms with Crippen molar-refractivity contribution in [2.75, 3.05) is 14.4 Å². The van der Waals surface area contributed by atoms with Crippen LogP contribution in [0.3, 0.4) is 0 Å². The van der Waals surface area contributed by atoms with Gasteiger partial charge in [-0.05, 0) is 54.0 Å². The van der Waals surface area contributed by atoms with E-state index in [1.165, 1.54) is 44.8 Å². The maximum Gasteiger partial charge on any atom is 0.420 e. The molecule has 0 amide bonds. The molecule has 0 spiro atoms.